The van der Waals surface area contributed by atoms with Crippen LogP contribution in [0.1, 0.15) is 26.4 Å². The lowest BCUT2D eigenvalue weighted by Gasteiger charge is -2.18. The number of para-hydroxylation sites is 1. The molecule has 5 nitrogen and oxygen atoms in total. The predicted molar refractivity (Wildman–Crippen MR) is 134 cm³/mol. The molecule has 164 valence electrons. The number of hydrogen-bond acceptors (Lipinski definition) is 7. The first kappa shape index (κ1) is 21.0. The molecule has 4 heterocycles. The molecule has 7 heteroatoms. The lowest BCUT2D eigenvalue weighted by atomic mass is 10.3. The summed E-state index contributed by atoms with van der Waals surface area (Å²) in [5.41, 5.74) is 1.04. The summed E-state index contributed by atoms with van der Waals surface area (Å²) >= 11 is 3.39. The minimum atomic E-state index is 0.237. The largest absolute Gasteiger partial charge is 0.485 e. The molecule has 1 unspecified atom stereocenters. The van der Waals surface area contributed by atoms with Gasteiger partial charge in [-0.1, -0.05) is 24.3 Å². The number of hydrazone groups is 1. The van der Waals surface area contributed by atoms with E-state index in [1.54, 1.807) is 22.7 Å². The van der Waals surface area contributed by atoms with Crippen LogP contribution in [-0.2, 0) is 4.74 Å². The lowest BCUT2D eigenvalue weighted by molar-refractivity contribution is 0.173. The molecule has 3 aromatic rings. The molecule has 0 aliphatic carbocycles. The summed E-state index contributed by atoms with van der Waals surface area (Å²) in [5.74, 6) is 1.59. The zero-order valence-corrected chi connectivity index (χ0v) is 19.4. The Morgan fingerprint density at radius 3 is 2.38 bits per heavy atom. The molecule has 0 spiro atoms. The number of thiophene rings is 2. The Labute approximate surface area is 195 Å². The van der Waals surface area contributed by atoms with Crippen molar-refractivity contribution in [3.05, 3.63) is 68.0 Å². The van der Waals surface area contributed by atoms with Crippen LogP contribution in [0, 0.1) is 0 Å². The minimum absolute atomic E-state index is 0.237. The monoisotopic (exact) mass is 464 g/mol. The molecule has 1 aromatic carbocycles. The van der Waals surface area contributed by atoms with Gasteiger partial charge in [0.05, 0.1) is 34.8 Å². The van der Waals surface area contributed by atoms with Gasteiger partial charge in [0.25, 0.3) is 0 Å². The molecular weight excluding hydrogens is 440 g/mol. The third-order valence-electron chi connectivity index (χ3n) is 4.97. The number of benzene rings is 1. The van der Waals surface area contributed by atoms with Gasteiger partial charge in [-0.05, 0) is 49.4 Å². The normalized spacial score (nSPS) is 17.6. The van der Waals surface area contributed by atoms with Crippen LogP contribution in [0.5, 0.6) is 11.5 Å². The molecule has 0 radical (unpaired) electrons. The Kier molecular flexibility index (Phi) is 6.39. The summed E-state index contributed by atoms with van der Waals surface area (Å²) in [5, 5.41) is 6.76. The number of nitrogens with zero attached hydrogens (tertiary/aromatic N) is 2. The van der Waals surface area contributed by atoms with Crippen molar-refractivity contribution in [3.63, 3.8) is 0 Å². The number of anilines is 1. The Balaban J connectivity index is 1.41. The molecule has 0 amide bonds. The highest BCUT2D eigenvalue weighted by atomic mass is 32.1. The van der Waals surface area contributed by atoms with E-state index in [4.69, 9.17) is 19.3 Å². The minimum Gasteiger partial charge on any atom is -0.485 e. The van der Waals surface area contributed by atoms with Crippen molar-refractivity contribution in [1.29, 1.82) is 0 Å². The Hall–Kier alpha value is -2.87. The second-order valence-corrected chi connectivity index (χ2v) is 9.61. The molecular formula is C25H24N2O3S2. The average Bonchev–Trinajstić information content (AvgIpc) is 3.43. The van der Waals surface area contributed by atoms with Crippen LogP contribution in [0.15, 0.2) is 53.6 Å². The van der Waals surface area contributed by atoms with E-state index in [0.29, 0.717) is 13.2 Å². The molecule has 5 rings (SSSR count). The fraction of sp³-hybridized carbons (Fsp3) is 0.240. The van der Waals surface area contributed by atoms with E-state index in [-0.39, 0.29) is 6.10 Å². The molecule has 2 aliphatic rings. The summed E-state index contributed by atoms with van der Waals surface area (Å²) in [4.78, 5) is 4.44. The summed E-state index contributed by atoms with van der Waals surface area (Å²) in [6.45, 7) is 4.65. The van der Waals surface area contributed by atoms with Crippen molar-refractivity contribution in [2.45, 2.75) is 13.0 Å². The highest BCUT2D eigenvalue weighted by Crippen LogP contribution is 2.44. The SMILES string of the molecule is CC=Cc1ccc(C=Cc2sc(C=NN(CC3CO3)c3ccccc3)c3c2OCCO3)s1. The Morgan fingerprint density at radius 2 is 1.66 bits per heavy atom. The molecule has 1 saturated heterocycles. The van der Waals surface area contributed by atoms with Crippen molar-refractivity contribution >= 4 is 52.8 Å². The van der Waals surface area contributed by atoms with Crippen molar-refractivity contribution < 1.29 is 14.2 Å². The molecule has 2 aliphatic heterocycles. The fourth-order valence-electron chi connectivity index (χ4n) is 3.37. The predicted octanol–water partition coefficient (Wildman–Crippen LogP) is 6.02. The van der Waals surface area contributed by atoms with E-state index in [2.05, 4.69) is 48.6 Å². The zero-order chi connectivity index (χ0) is 21.8. The van der Waals surface area contributed by atoms with Gasteiger partial charge in [-0.15, -0.1) is 22.7 Å². The van der Waals surface area contributed by atoms with Gasteiger partial charge in [-0.2, -0.15) is 5.10 Å². The van der Waals surface area contributed by atoms with Crippen LogP contribution in [0.25, 0.3) is 18.2 Å². The second kappa shape index (κ2) is 9.73. The van der Waals surface area contributed by atoms with Gasteiger partial charge in [-0.25, -0.2) is 0 Å². The van der Waals surface area contributed by atoms with Gasteiger partial charge in [-0.3, -0.25) is 5.01 Å². The van der Waals surface area contributed by atoms with Crippen LogP contribution in [-0.4, -0.2) is 38.7 Å². The number of allylic oxidation sites excluding steroid dienone is 1. The van der Waals surface area contributed by atoms with Crippen molar-refractivity contribution in [2.24, 2.45) is 5.10 Å². The summed E-state index contributed by atoms with van der Waals surface area (Å²) in [6, 6.07) is 14.4. The van der Waals surface area contributed by atoms with Crippen molar-refractivity contribution in [3.8, 4) is 11.5 Å². The first-order valence-electron chi connectivity index (χ1n) is 10.6. The van der Waals surface area contributed by atoms with E-state index in [1.165, 1.54) is 9.75 Å². The summed E-state index contributed by atoms with van der Waals surface area (Å²) in [7, 11) is 0. The summed E-state index contributed by atoms with van der Waals surface area (Å²) < 4.78 is 17.4. The quantitative estimate of drug-likeness (QED) is 0.232. The fourth-order valence-corrected chi connectivity index (χ4v) is 5.21. The second-order valence-electron chi connectivity index (χ2n) is 7.38. The number of fused-ring (bicyclic) bond motifs is 1. The van der Waals surface area contributed by atoms with Crippen LogP contribution in [0.2, 0.25) is 0 Å². The van der Waals surface area contributed by atoms with Crippen LogP contribution < -0.4 is 14.5 Å². The highest BCUT2D eigenvalue weighted by molar-refractivity contribution is 7.15. The first-order chi connectivity index (χ1) is 15.8. The number of hydrogen-bond donors (Lipinski definition) is 0. The van der Waals surface area contributed by atoms with Gasteiger partial charge < -0.3 is 14.2 Å². The van der Waals surface area contributed by atoms with E-state index < -0.39 is 0 Å². The highest BCUT2D eigenvalue weighted by Gasteiger charge is 2.26. The van der Waals surface area contributed by atoms with Crippen LogP contribution >= 0.6 is 22.7 Å². The third kappa shape index (κ3) is 4.96. The van der Waals surface area contributed by atoms with E-state index in [0.717, 1.165) is 40.1 Å². The molecule has 0 saturated carbocycles. The molecule has 1 atom stereocenters. The van der Waals surface area contributed by atoms with E-state index in [1.807, 2.05) is 36.3 Å². The Bertz CT molecular complexity index is 1140. The van der Waals surface area contributed by atoms with Crippen molar-refractivity contribution in [1.82, 2.24) is 0 Å². The molecule has 0 N–H and O–H groups in total. The van der Waals surface area contributed by atoms with Gasteiger partial charge in [0.15, 0.2) is 11.5 Å². The van der Waals surface area contributed by atoms with Gasteiger partial charge in [0.1, 0.15) is 19.3 Å². The number of rotatable bonds is 8. The smallest absolute Gasteiger partial charge is 0.181 e. The average molecular weight is 465 g/mol. The number of ether oxygens (including phenoxy) is 3. The maximum absolute atomic E-state index is 5.97. The zero-order valence-electron chi connectivity index (χ0n) is 17.8. The number of epoxide rings is 1. The van der Waals surface area contributed by atoms with Gasteiger partial charge >= 0.3 is 0 Å². The first-order valence-corrected chi connectivity index (χ1v) is 12.2. The van der Waals surface area contributed by atoms with Gasteiger partial charge in [0, 0.05) is 9.75 Å². The van der Waals surface area contributed by atoms with E-state index >= 15 is 0 Å². The lowest BCUT2D eigenvalue weighted by Crippen LogP contribution is -2.22. The maximum atomic E-state index is 5.97. The molecule has 0 bridgehead atoms. The Morgan fingerprint density at radius 1 is 0.938 bits per heavy atom. The van der Waals surface area contributed by atoms with Gasteiger partial charge in [0.2, 0.25) is 0 Å². The molecule has 1 fully saturated rings. The van der Waals surface area contributed by atoms with Crippen molar-refractivity contribution in [2.75, 3.05) is 31.4 Å². The van der Waals surface area contributed by atoms with Crippen LogP contribution in [0.3, 0.4) is 0 Å². The molecule has 32 heavy (non-hydrogen) atoms. The third-order valence-corrected chi connectivity index (χ3v) is 7.04. The molecule has 2 aromatic heterocycles. The maximum Gasteiger partial charge on any atom is 0.181 e. The standard InChI is InChI=1S/C25H24N2O3S2/c1-2-6-20-9-10-21(31-20)11-12-22-24-25(29-14-13-28-24)23(32-22)15-26-27(16-19-17-30-19)18-7-4-3-5-8-18/h2-12,15,19H,13-14,16-17H2,1H3. The summed E-state index contributed by atoms with van der Waals surface area (Å²) in [6.07, 6.45) is 10.5. The topological polar surface area (TPSA) is 46.6 Å². The van der Waals surface area contributed by atoms with E-state index in [9.17, 15) is 0 Å². The van der Waals surface area contributed by atoms with Crippen LogP contribution in [0.4, 0.5) is 5.69 Å².